The lowest BCUT2D eigenvalue weighted by atomic mass is 9.95. The number of nitrogens with zero attached hydrogens (tertiary/aromatic N) is 3. The van der Waals surface area contributed by atoms with Crippen molar-refractivity contribution in [1.29, 1.82) is 0 Å². The van der Waals surface area contributed by atoms with Crippen molar-refractivity contribution in [3.63, 3.8) is 0 Å². The summed E-state index contributed by atoms with van der Waals surface area (Å²) in [5.74, 6) is -0.713. The topological polar surface area (TPSA) is 75.4 Å². The predicted octanol–water partition coefficient (Wildman–Crippen LogP) is 6.04. The molecule has 1 fully saturated rings. The van der Waals surface area contributed by atoms with Gasteiger partial charge >= 0.3 is 5.97 Å². The van der Waals surface area contributed by atoms with Gasteiger partial charge in [0.05, 0.1) is 10.6 Å². The van der Waals surface area contributed by atoms with Gasteiger partial charge in [-0.2, -0.15) is 5.10 Å². The summed E-state index contributed by atoms with van der Waals surface area (Å²) in [4.78, 5) is 26.0. The van der Waals surface area contributed by atoms with Crippen molar-refractivity contribution >= 4 is 46.3 Å². The van der Waals surface area contributed by atoms with Crippen molar-refractivity contribution in [3.8, 4) is 16.9 Å². The van der Waals surface area contributed by atoms with Crippen LogP contribution in [0.25, 0.3) is 23.0 Å². The highest BCUT2D eigenvalue weighted by molar-refractivity contribution is 8.26. The van der Waals surface area contributed by atoms with Crippen molar-refractivity contribution < 1.29 is 14.7 Å². The number of amides is 1. The number of benzene rings is 2. The fourth-order valence-corrected chi connectivity index (χ4v) is 5.19. The highest BCUT2D eigenvalue weighted by atomic mass is 32.2. The summed E-state index contributed by atoms with van der Waals surface area (Å²) in [6.45, 7) is 6.67. The fraction of sp³-hybridized carbons (Fsp3) is 0.259. The van der Waals surface area contributed by atoms with Crippen LogP contribution in [-0.4, -0.2) is 42.5 Å². The van der Waals surface area contributed by atoms with E-state index >= 15 is 0 Å². The van der Waals surface area contributed by atoms with Gasteiger partial charge in [-0.05, 0) is 54.7 Å². The average Bonchev–Trinajstić information content (AvgIpc) is 3.36. The number of thiocarbonyl (C=S) groups is 1. The molecule has 0 unspecified atom stereocenters. The zero-order valence-electron chi connectivity index (χ0n) is 19.9. The van der Waals surface area contributed by atoms with Crippen molar-refractivity contribution in [1.82, 2.24) is 14.7 Å². The molecule has 0 saturated carbocycles. The van der Waals surface area contributed by atoms with Gasteiger partial charge in [-0.3, -0.25) is 14.5 Å². The van der Waals surface area contributed by atoms with Gasteiger partial charge in [0.1, 0.15) is 10.0 Å². The summed E-state index contributed by atoms with van der Waals surface area (Å²) in [6.07, 6.45) is 4.13. The summed E-state index contributed by atoms with van der Waals surface area (Å²) in [5, 5.41) is 13.8. The van der Waals surface area contributed by atoms with E-state index in [9.17, 15) is 9.59 Å². The van der Waals surface area contributed by atoms with Gasteiger partial charge in [-0.15, -0.1) is 0 Å². The molecule has 35 heavy (non-hydrogen) atoms. The molecule has 1 aliphatic rings. The Kier molecular flexibility index (Phi) is 7.52. The molecule has 3 aromatic rings. The molecular weight excluding hydrogens is 478 g/mol. The molecule has 1 aromatic heterocycles. The average molecular weight is 506 g/mol. The van der Waals surface area contributed by atoms with E-state index in [1.165, 1.54) is 22.2 Å². The van der Waals surface area contributed by atoms with Crippen LogP contribution >= 0.6 is 24.0 Å². The number of carboxylic acid groups (broad SMARTS) is 1. The Bertz CT molecular complexity index is 1310. The normalized spacial score (nSPS) is 15.0. The minimum Gasteiger partial charge on any atom is -0.481 e. The van der Waals surface area contributed by atoms with Gasteiger partial charge in [0.2, 0.25) is 0 Å². The van der Waals surface area contributed by atoms with Crippen LogP contribution in [0.3, 0.4) is 0 Å². The number of aryl methyl sites for hydroxylation is 1. The number of carbonyl (C=O) groups excluding carboxylic acids is 1. The zero-order chi connectivity index (χ0) is 25.1. The number of thioether (sulfide) groups is 1. The molecule has 4 rings (SSSR count). The lowest BCUT2D eigenvalue weighted by molar-refractivity contribution is -0.137. The molecule has 2 aromatic carbocycles. The summed E-state index contributed by atoms with van der Waals surface area (Å²) in [7, 11) is 0. The van der Waals surface area contributed by atoms with Gasteiger partial charge in [0.25, 0.3) is 5.91 Å². The lowest BCUT2D eigenvalue weighted by Gasteiger charge is -2.13. The number of carboxylic acids is 1. The van der Waals surface area contributed by atoms with Crippen LogP contribution in [0.15, 0.2) is 59.6 Å². The highest BCUT2D eigenvalue weighted by Crippen LogP contribution is 2.36. The first-order valence-corrected chi connectivity index (χ1v) is 12.7. The van der Waals surface area contributed by atoms with E-state index in [0.29, 0.717) is 28.1 Å². The predicted molar refractivity (Wildman–Crippen MR) is 145 cm³/mol. The van der Waals surface area contributed by atoms with Crippen LogP contribution in [0.4, 0.5) is 0 Å². The molecule has 0 bridgehead atoms. The maximum Gasteiger partial charge on any atom is 0.303 e. The van der Waals surface area contributed by atoms with Crippen LogP contribution in [0.1, 0.15) is 49.3 Å². The molecule has 2 heterocycles. The quantitative estimate of drug-likeness (QED) is 0.297. The van der Waals surface area contributed by atoms with Gasteiger partial charge in [-0.1, -0.05) is 68.2 Å². The van der Waals surface area contributed by atoms with E-state index in [1.807, 2.05) is 47.3 Å². The standard InChI is InChI=1S/C27H27N3O3S2/c1-17(2)19-12-11-18(3)22(14-19)25-20(16-30(28-25)21-8-5-4-6-9-21)15-23-26(33)29(27(34)35-23)13-7-10-24(31)32/h4-6,8-9,11-12,14-17H,7,10,13H2,1-3H3,(H,31,32)/b23-15+. The second-order valence-electron chi connectivity index (χ2n) is 8.77. The maximum atomic E-state index is 13.1. The fourth-order valence-electron chi connectivity index (χ4n) is 3.89. The van der Waals surface area contributed by atoms with Gasteiger partial charge in [-0.25, -0.2) is 4.68 Å². The Hall–Kier alpha value is -3.23. The molecule has 0 spiro atoms. The molecule has 0 radical (unpaired) electrons. The minimum absolute atomic E-state index is 0.00439. The number of hydrogen-bond donors (Lipinski definition) is 1. The summed E-state index contributed by atoms with van der Waals surface area (Å²) < 4.78 is 2.28. The number of aromatic nitrogens is 2. The third kappa shape index (κ3) is 5.55. The first-order chi connectivity index (χ1) is 16.7. The maximum absolute atomic E-state index is 13.1. The van der Waals surface area contributed by atoms with Gasteiger partial charge in [0.15, 0.2) is 0 Å². The highest BCUT2D eigenvalue weighted by Gasteiger charge is 2.32. The molecular formula is C27H27N3O3S2. The van der Waals surface area contributed by atoms with E-state index in [1.54, 1.807) is 0 Å². The molecule has 180 valence electrons. The first-order valence-electron chi connectivity index (χ1n) is 11.5. The smallest absolute Gasteiger partial charge is 0.303 e. The van der Waals surface area contributed by atoms with Crippen LogP contribution in [0.5, 0.6) is 0 Å². The second kappa shape index (κ2) is 10.6. The van der Waals surface area contributed by atoms with Crippen molar-refractivity contribution in [2.75, 3.05) is 6.54 Å². The lowest BCUT2D eigenvalue weighted by Crippen LogP contribution is -2.29. The van der Waals surface area contributed by atoms with Crippen LogP contribution in [0.2, 0.25) is 0 Å². The molecule has 1 N–H and O–H groups in total. The molecule has 8 heteroatoms. The Morgan fingerprint density at radius 2 is 1.94 bits per heavy atom. The first kappa shape index (κ1) is 24.9. The van der Waals surface area contributed by atoms with Crippen molar-refractivity contribution in [3.05, 3.63) is 76.3 Å². The van der Waals surface area contributed by atoms with Gasteiger partial charge < -0.3 is 5.11 Å². The van der Waals surface area contributed by atoms with E-state index in [2.05, 4.69) is 39.0 Å². The summed E-state index contributed by atoms with van der Waals surface area (Å²) >= 11 is 6.66. The zero-order valence-corrected chi connectivity index (χ0v) is 21.5. The molecule has 1 aliphatic heterocycles. The molecule has 1 amide bonds. The van der Waals surface area contributed by atoms with Crippen LogP contribution in [-0.2, 0) is 9.59 Å². The largest absolute Gasteiger partial charge is 0.481 e. The third-order valence-corrected chi connectivity index (χ3v) is 7.26. The molecule has 0 atom stereocenters. The number of rotatable bonds is 8. The van der Waals surface area contributed by atoms with Crippen molar-refractivity contribution in [2.45, 2.75) is 39.5 Å². The Morgan fingerprint density at radius 3 is 2.63 bits per heavy atom. The Labute approximate surface area is 214 Å². The third-order valence-electron chi connectivity index (χ3n) is 5.88. The van der Waals surface area contributed by atoms with Gasteiger partial charge in [0, 0.05) is 30.3 Å². The monoisotopic (exact) mass is 505 g/mol. The number of hydrogen-bond acceptors (Lipinski definition) is 5. The van der Waals surface area contributed by atoms with E-state index in [-0.39, 0.29) is 12.3 Å². The van der Waals surface area contributed by atoms with E-state index in [4.69, 9.17) is 22.4 Å². The SMILES string of the molecule is Cc1ccc(C(C)C)cc1-c1nn(-c2ccccc2)cc1/C=C1/SC(=S)N(CCCC(=O)O)C1=O. The van der Waals surface area contributed by atoms with Crippen LogP contribution in [0, 0.1) is 6.92 Å². The minimum atomic E-state index is -0.886. The summed E-state index contributed by atoms with van der Waals surface area (Å²) in [5.41, 5.74) is 5.88. The number of para-hydroxylation sites is 1. The van der Waals surface area contributed by atoms with E-state index < -0.39 is 5.97 Å². The number of carbonyl (C=O) groups is 2. The van der Waals surface area contributed by atoms with Crippen LogP contribution < -0.4 is 0 Å². The van der Waals surface area contributed by atoms with Crippen molar-refractivity contribution in [2.24, 2.45) is 0 Å². The number of aliphatic carboxylic acids is 1. The molecule has 0 aliphatic carbocycles. The summed E-state index contributed by atoms with van der Waals surface area (Å²) in [6, 6.07) is 16.3. The Balaban J connectivity index is 1.76. The Morgan fingerprint density at radius 1 is 1.20 bits per heavy atom. The molecule has 1 saturated heterocycles. The van der Waals surface area contributed by atoms with E-state index in [0.717, 1.165) is 28.1 Å². The second-order valence-corrected chi connectivity index (χ2v) is 10.4. The molecule has 6 nitrogen and oxygen atoms in total.